The van der Waals surface area contributed by atoms with Gasteiger partial charge in [-0.1, -0.05) is 0 Å². The van der Waals surface area contributed by atoms with Crippen molar-refractivity contribution in [2.45, 2.75) is 25.7 Å². The molecule has 3 saturated carbocycles. The maximum Gasteiger partial charge on any atom is 0.163 e. The van der Waals surface area contributed by atoms with Gasteiger partial charge in [-0.3, -0.25) is 4.79 Å². The molecule has 0 N–H and O–H groups in total. The van der Waals surface area contributed by atoms with E-state index in [0.29, 0.717) is 29.0 Å². The van der Waals surface area contributed by atoms with Crippen molar-refractivity contribution in [1.82, 2.24) is 0 Å². The highest BCUT2D eigenvalue weighted by Gasteiger charge is 2.71. The van der Waals surface area contributed by atoms with Gasteiger partial charge in [0.05, 0.1) is 7.11 Å². The van der Waals surface area contributed by atoms with Gasteiger partial charge in [0.25, 0.3) is 0 Å². The molecule has 15 heavy (non-hydrogen) atoms. The molecule has 0 aromatic heterocycles. The third-order valence-electron chi connectivity index (χ3n) is 5.52. The first-order valence-corrected chi connectivity index (χ1v) is 6.07. The lowest BCUT2D eigenvalue weighted by Gasteiger charge is -2.24. The average Bonchev–Trinajstić information content (AvgIpc) is 2.78. The van der Waals surface area contributed by atoms with Crippen LogP contribution in [0.1, 0.15) is 25.7 Å². The lowest BCUT2D eigenvalue weighted by molar-refractivity contribution is -0.119. The number of allylic oxidation sites excluding steroid dienone is 2. The predicted molar refractivity (Wildman–Crippen MR) is 55.0 cm³/mol. The molecule has 0 aromatic rings. The van der Waals surface area contributed by atoms with E-state index in [4.69, 9.17) is 4.74 Å². The molecule has 0 aliphatic heterocycles. The fraction of sp³-hybridized carbons (Fsp3) is 0.769. The van der Waals surface area contributed by atoms with E-state index in [1.54, 1.807) is 13.2 Å². The van der Waals surface area contributed by atoms with Crippen LogP contribution in [0, 0.1) is 29.1 Å². The van der Waals surface area contributed by atoms with E-state index in [9.17, 15) is 4.79 Å². The van der Waals surface area contributed by atoms with E-state index in [1.165, 1.54) is 25.7 Å². The summed E-state index contributed by atoms with van der Waals surface area (Å²) in [5, 5.41) is 0. The molecule has 0 amide bonds. The topological polar surface area (TPSA) is 26.3 Å². The van der Waals surface area contributed by atoms with Crippen molar-refractivity contribution in [3.05, 3.63) is 11.8 Å². The molecule has 0 radical (unpaired) electrons. The van der Waals surface area contributed by atoms with Crippen LogP contribution in [-0.4, -0.2) is 12.9 Å². The summed E-state index contributed by atoms with van der Waals surface area (Å²) in [7, 11) is 1.72. The Balaban J connectivity index is 1.81. The largest absolute Gasteiger partial charge is 0.501 e. The molecule has 4 rings (SSSR count). The normalized spacial score (nSPS) is 48.3. The van der Waals surface area contributed by atoms with Crippen molar-refractivity contribution < 1.29 is 9.53 Å². The maximum atomic E-state index is 12.0. The number of ether oxygens (including phenoxy) is 1. The number of methoxy groups -OCH3 is 1. The number of carbonyl (C=O) groups excluding carboxylic acids is 1. The Bertz CT molecular complexity index is 378. The maximum absolute atomic E-state index is 12.0. The van der Waals surface area contributed by atoms with Gasteiger partial charge in [-0.15, -0.1) is 0 Å². The first kappa shape index (κ1) is 8.37. The van der Waals surface area contributed by atoms with E-state index in [-0.39, 0.29) is 0 Å². The summed E-state index contributed by atoms with van der Waals surface area (Å²) in [6.45, 7) is 0. The summed E-state index contributed by atoms with van der Waals surface area (Å²) in [6.07, 6.45) is 7.15. The minimum absolute atomic E-state index is 0.307. The van der Waals surface area contributed by atoms with Gasteiger partial charge in [0, 0.05) is 17.9 Å². The van der Waals surface area contributed by atoms with Crippen LogP contribution in [0.2, 0.25) is 0 Å². The van der Waals surface area contributed by atoms with Crippen LogP contribution >= 0.6 is 0 Å². The third-order valence-corrected chi connectivity index (χ3v) is 5.52. The second-order valence-corrected chi connectivity index (χ2v) is 5.73. The van der Waals surface area contributed by atoms with Gasteiger partial charge in [0.2, 0.25) is 0 Å². The van der Waals surface area contributed by atoms with Gasteiger partial charge >= 0.3 is 0 Å². The first-order chi connectivity index (χ1) is 7.28. The second kappa shape index (κ2) is 2.31. The summed E-state index contributed by atoms with van der Waals surface area (Å²) in [5.41, 5.74) is 0.586. The number of hydrogen-bond acceptors (Lipinski definition) is 2. The molecule has 4 atom stereocenters. The highest BCUT2D eigenvalue weighted by Crippen LogP contribution is 2.76. The van der Waals surface area contributed by atoms with E-state index >= 15 is 0 Å². The van der Waals surface area contributed by atoms with Crippen molar-refractivity contribution >= 4 is 5.78 Å². The Labute approximate surface area is 89.7 Å². The molecule has 4 aliphatic rings. The van der Waals surface area contributed by atoms with Gasteiger partial charge in [-0.2, -0.15) is 0 Å². The second-order valence-electron chi connectivity index (χ2n) is 5.73. The van der Waals surface area contributed by atoms with Gasteiger partial charge in [0.1, 0.15) is 5.76 Å². The van der Waals surface area contributed by atoms with E-state index in [2.05, 4.69) is 0 Å². The zero-order valence-electron chi connectivity index (χ0n) is 9.03. The van der Waals surface area contributed by atoms with Crippen LogP contribution in [0.25, 0.3) is 0 Å². The number of carbonyl (C=O) groups is 1. The molecule has 0 heterocycles. The SMILES string of the molecule is COC1=CC(=O)[C@H]2[C@H]1[C@H]1CC[C@H]2C12CC2. The Morgan fingerprint density at radius 2 is 1.93 bits per heavy atom. The Kier molecular flexibility index (Phi) is 1.29. The summed E-state index contributed by atoms with van der Waals surface area (Å²) in [5.74, 6) is 3.58. The van der Waals surface area contributed by atoms with Crippen LogP contribution in [0.15, 0.2) is 11.8 Å². The standard InChI is InChI=1S/C13H16O2/c1-15-10-6-9(14)11-7-2-3-8(12(10)11)13(7)4-5-13/h6-8,11-12H,2-5H2,1H3/t7-,8-,11+,12+/m1/s1. The first-order valence-electron chi connectivity index (χ1n) is 6.07. The third kappa shape index (κ3) is 0.745. The Morgan fingerprint density at radius 3 is 2.53 bits per heavy atom. The minimum atomic E-state index is 0.307. The monoisotopic (exact) mass is 204 g/mol. The number of hydrogen-bond donors (Lipinski definition) is 0. The summed E-state index contributed by atoms with van der Waals surface area (Å²) in [4.78, 5) is 12.0. The fourth-order valence-corrected chi connectivity index (χ4v) is 4.95. The average molecular weight is 204 g/mol. The van der Waals surface area contributed by atoms with Crippen molar-refractivity contribution in [2.24, 2.45) is 29.1 Å². The van der Waals surface area contributed by atoms with Gasteiger partial charge < -0.3 is 4.74 Å². The minimum Gasteiger partial charge on any atom is -0.501 e. The molecule has 3 fully saturated rings. The Morgan fingerprint density at radius 1 is 1.27 bits per heavy atom. The molecule has 0 saturated heterocycles. The van der Waals surface area contributed by atoms with Crippen LogP contribution in [-0.2, 0) is 9.53 Å². The van der Waals surface area contributed by atoms with Crippen molar-refractivity contribution in [2.75, 3.05) is 7.11 Å². The van der Waals surface area contributed by atoms with E-state index in [0.717, 1.165) is 11.7 Å². The molecule has 2 nitrogen and oxygen atoms in total. The zero-order valence-corrected chi connectivity index (χ0v) is 9.03. The summed E-state index contributed by atoms with van der Waals surface area (Å²) < 4.78 is 5.41. The molecule has 2 heteroatoms. The molecule has 1 spiro atoms. The predicted octanol–water partition coefficient (Wildman–Crippen LogP) is 2.15. The van der Waals surface area contributed by atoms with Crippen molar-refractivity contribution in [3.63, 3.8) is 0 Å². The number of rotatable bonds is 1. The van der Waals surface area contributed by atoms with Crippen molar-refractivity contribution in [3.8, 4) is 0 Å². The molecule has 80 valence electrons. The summed E-state index contributed by atoms with van der Waals surface area (Å²) >= 11 is 0. The molecular formula is C13H16O2. The highest BCUT2D eigenvalue weighted by atomic mass is 16.5. The Hall–Kier alpha value is -0.790. The van der Waals surface area contributed by atoms with Crippen LogP contribution in [0.4, 0.5) is 0 Å². The van der Waals surface area contributed by atoms with Gasteiger partial charge in [-0.05, 0) is 42.9 Å². The quantitative estimate of drug-likeness (QED) is 0.654. The van der Waals surface area contributed by atoms with E-state index in [1.807, 2.05) is 0 Å². The molecule has 2 bridgehead atoms. The van der Waals surface area contributed by atoms with Crippen molar-refractivity contribution in [1.29, 1.82) is 0 Å². The number of fused-ring (bicyclic) bond motifs is 3. The summed E-state index contributed by atoms with van der Waals surface area (Å²) in [6, 6.07) is 0. The van der Waals surface area contributed by atoms with Gasteiger partial charge in [-0.25, -0.2) is 0 Å². The molecule has 0 unspecified atom stereocenters. The number of ketones is 1. The molecule has 4 aliphatic carbocycles. The molecule has 0 aromatic carbocycles. The smallest absolute Gasteiger partial charge is 0.163 e. The highest BCUT2D eigenvalue weighted by molar-refractivity contribution is 5.96. The lowest BCUT2D eigenvalue weighted by atomic mass is 9.80. The van der Waals surface area contributed by atoms with Crippen LogP contribution in [0.5, 0.6) is 0 Å². The van der Waals surface area contributed by atoms with Gasteiger partial charge in [0.15, 0.2) is 5.78 Å². The fourth-order valence-electron chi connectivity index (χ4n) is 4.95. The van der Waals surface area contributed by atoms with E-state index < -0.39 is 0 Å². The van der Waals surface area contributed by atoms with Crippen LogP contribution < -0.4 is 0 Å². The zero-order chi connectivity index (χ0) is 10.2. The molecular weight excluding hydrogens is 188 g/mol. The van der Waals surface area contributed by atoms with Crippen LogP contribution in [0.3, 0.4) is 0 Å². The lowest BCUT2D eigenvalue weighted by Crippen LogP contribution is -2.24.